The van der Waals surface area contributed by atoms with Crippen molar-refractivity contribution in [2.45, 2.75) is 31.9 Å². The molecule has 1 aromatic carbocycles. The first-order valence-electron chi connectivity index (χ1n) is 7.88. The van der Waals surface area contributed by atoms with E-state index in [-0.39, 0.29) is 42.5 Å². The zero-order chi connectivity index (χ0) is 16.8. The van der Waals surface area contributed by atoms with Crippen molar-refractivity contribution in [2.24, 2.45) is 0 Å². The fourth-order valence-electron chi connectivity index (χ4n) is 2.77. The average molecular weight is 322 g/mol. The van der Waals surface area contributed by atoms with E-state index in [1.165, 1.54) is 24.3 Å². The lowest BCUT2D eigenvalue weighted by atomic mass is 10.1. The van der Waals surface area contributed by atoms with Gasteiger partial charge in [-0.2, -0.15) is 0 Å². The van der Waals surface area contributed by atoms with E-state index < -0.39 is 0 Å². The molecule has 1 aliphatic rings. The summed E-state index contributed by atoms with van der Waals surface area (Å²) in [6.45, 7) is 4.06. The Morgan fingerprint density at radius 1 is 1.26 bits per heavy atom. The van der Waals surface area contributed by atoms with Crippen molar-refractivity contribution in [2.75, 3.05) is 26.7 Å². The Bertz CT molecular complexity index is 547. The summed E-state index contributed by atoms with van der Waals surface area (Å²) < 4.78 is 18.5. The van der Waals surface area contributed by atoms with Gasteiger partial charge < -0.3 is 15.0 Å². The zero-order valence-electron chi connectivity index (χ0n) is 13.5. The van der Waals surface area contributed by atoms with Gasteiger partial charge in [-0.3, -0.25) is 9.59 Å². The second kappa shape index (κ2) is 8.17. The number of likely N-dealkylation sites (N-methyl/N-ethyl adjacent to an activating group) is 1. The van der Waals surface area contributed by atoms with Crippen molar-refractivity contribution >= 4 is 11.7 Å². The number of nitrogens with zero attached hydrogens (tertiary/aromatic N) is 1. The summed E-state index contributed by atoms with van der Waals surface area (Å²) in [7, 11) is 1.98. The largest absolute Gasteiger partial charge is 0.375 e. The maximum absolute atomic E-state index is 12.8. The van der Waals surface area contributed by atoms with Crippen LogP contribution in [0.1, 0.15) is 30.1 Å². The van der Waals surface area contributed by atoms with Crippen molar-refractivity contribution in [3.63, 3.8) is 0 Å². The van der Waals surface area contributed by atoms with E-state index in [4.69, 9.17) is 4.74 Å². The first-order valence-corrected chi connectivity index (χ1v) is 7.88. The van der Waals surface area contributed by atoms with Crippen LogP contribution in [0, 0.1) is 5.82 Å². The molecule has 2 atom stereocenters. The maximum atomic E-state index is 12.8. The number of likely N-dealkylation sites (tertiary alicyclic amines) is 1. The maximum Gasteiger partial charge on any atom is 0.220 e. The molecule has 1 amide bonds. The highest BCUT2D eigenvalue weighted by atomic mass is 19.1. The van der Waals surface area contributed by atoms with E-state index in [1.807, 2.05) is 14.0 Å². The molecular formula is C17H23FN2O3. The van der Waals surface area contributed by atoms with Crippen LogP contribution < -0.4 is 5.32 Å². The molecule has 0 spiro atoms. The molecule has 0 saturated carbocycles. The van der Waals surface area contributed by atoms with Crippen LogP contribution in [-0.4, -0.2) is 55.5 Å². The van der Waals surface area contributed by atoms with Crippen LogP contribution in [0.5, 0.6) is 0 Å². The van der Waals surface area contributed by atoms with Crippen LogP contribution in [0.2, 0.25) is 0 Å². The fraction of sp³-hybridized carbons (Fsp3) is 0.529. The van der Waals surface area contributed by atoms with Crippen molar-refractivity contribution in [3.05, 3.63) is 35.6 Å². The van der Waals surface area contributed by atoms with Gasteiger partial charge in [-0.1, -0.05) is 0 Å². The lowest BCUT2D eigenvalue weighted by Crippen LogP contribution is -2.44. The highest BCUT2D eigenvalue weighted by molar-refractivity contribution is 5.97. The number of halogens is 1. The molecule has 0 aliphatic carbocycles. The summed E-state index contributed by atoms with van der Waals surface area (Å²) in [5.74, 6) is -0.706. The van der Waals surface area contributed by atoms with Crippen molar-refractivity contribution in [3.8, 4) is 0 Å². The second-order valence-electron chi connectivity index (χ2n) is 5.82. The minimum atomic E-state index is -0.383. The van der Waals surface area contributed by atoms with Gasteiger partial charge in [0.2, 0.25) is 5.91 Å². The number of benzene rings is 1. The van der Waals surface area contributed by atoms with Crippen molar-refractivity contribution in [1.82, 2.24) is 10.2 Å². The lowest BCUT2D eigenvalue weighted by molar-refractivity contribution is -0.122. The summed E-state index contributed by atoms with van der Waals surface area (Å²) in [5.41, 5.74) is 0.423. The Kier molecular flexibility index (Phi) is 6.24. The van der Waals surface area contributed by atoms with E-state index in [0.717, 1.165) is 13.1 Å². The van der Waals surface area contributed by atoms with E-state index >= 15 is 0 Å². The van der Waals surface area contributed by atoms with Gasteiger partial charge in [-0.25, -0.2) is 4.39 Å². The Hall–Kier alpha value is -1.79. The van der Waals surface area contributed by atoms with Gasteiger partial charge in [0, 0.05) is 38.1 Å². The van der Waals surface area contributed by atoms with E-state index in [9.17, 15) is 14.0 Å². The number of carbonyl (C=O) groups is 2. The summed E-state index contributed by atoms with van der Waals surface area (Å²) >= 11 is 0. The molecule has 1 aromatic rings. The predicted octanol–water partition coefficient (Wildman–Crippen LogP) is 1.62. The van der Waals surface area contributed by atoms with Gasteiger partial charge in [0.05, 0.1) is 12.1 Å². The number of ketones is 1. The summed E-state index contributed by atoms with van der Waals surface area (Å²) in [4.78, 5) is 26.1. The van der Waals surface area contributed by atoms with Crippen molar-refractivity contribution in [1.29, 1.82) is 0 Å². The number of rotatable bonds is 7. The Morgan fingerprint density at radius 3 is 2.61 bits per heavy atom. The number of hydrogen-bond acceptors (Lipinski definition) is 4. The van der Waals surface area contributed by atoms with Gasteiger partial charge in [-0.15, -0.1) is 0 Å². The minimum Gasteiger partial charge on any atom is -0.375 e. The number of carbonyl (C=O) groups excluding carboxylic acids is 2. The molecule has 1 N–H and O–H groups in total. The standard InChI is InChI=1S/C17H23FN2O3/c1-3-23-16-11-20(2)10-14(16)19-17(22)9-8-15(21)12-4-6-13(18)7-5-12/h4-7,14,16H,3,8-11H2,1-2H3,(H,19,22)/t14-,16-/m1/s1. The predicted molar refractivity (Wildman–Crippen MR) is 84.8 cm³/mol. The highest BCUT2D eigenvalue weighted by Crippen LogP contribution is 2.13. The van der Waals surface area contributed by atoms with Crippen LogP contribution in [0.25, 0.3) is 0 Å². The topological polar surface area (TPSA) is 58.6 Å². The molecule has 126 valence electrons. The molecule has 1 heterocycles. The van der Waals surface area contributed by atoms with Crippen LogP contribution in [0.3, 0.4) is 0 Å². The summed E-state index contributed by atoms with van der Waals surface area (Å²) in [6.07, 6.45) is 0.218. The van der Waals surface area contributed by atoms with Crippen LogP contribution >= 0.6 is 0 Å². The number of nitrogens with one attached hydrogen (secondary N) is 1. The van der Waals surface area contributed by atoms with Crippen LogP contribution in [0.4, 0.5) is 4.39 Å². The molecule has 0 bridgehead atoms. The number of hydrogen-bond donors (Lipinski definition) is 1. The smallest absolute Gasteiger partial charge is 0.220 e. The SMILES string of the molecule is CCO[C@@H]1CN(C)C[C@H]1NC(=O)CCC(=O)c1ccc(F)cc1. The van der Waals surface area contributed by atoms with E-state index in [0.29, 0.717) is 12.2 Å². The summed E-state index contributed by atoms with van der Waals surface area (Å²) in [6, 6.07) is 5.32. The van der Waals surface area contributed by atoms with Gasteiger partial charge in [0.15, 0.2) is 5.78 Å². The first kappa shape index (κ1) is 17.6. The molecule has 0 aromatic heterocycles. The Morgan fingerprint density at radius 2 is 1.96 bits per heavy atom. The third-order valence-corrected chi connectivity index (χ3v) is 3.92. The second-order valence-corrected chi connectivity index (χ2v) is 5.82. The number of ether oxygens (including phenoxy) is 1. The van der Waals surface area contributed by atoms with Crippen LogP contribution in [-0.2, 0) is 9.53 Å². The quantitative estimate of drug-likeness (QED) is 0.775. The normalized spacial score (nSPS) is 21.3. The molecule has 1 saturated heterocycles. The van der Waals surface area contributed by atoms with Gasteiger partial charge in [0.25, 0.3) is 0 Å². The van der Waals surface area contributed by atoms with Crippen LogP contribution in [0.15, 0.2) is 24.3 Å². The molecule has 0 unspecified atom stereocenters. The summed E-state index contributed by atoms with van der Waals surface area (Å²) in [5, 5.41) is 2.94. The van der Waals surface area contributed by atoms with Gasteiger partial charge >= 0.3 is 0 Å². The molecule has 6 heteroatoms. The lowest BCUT2D eigenvalue weighted by Gasteiger charge is -2.19. The zero-order valence-corrected chi connectivity index (χ0v) is 13.5. The monoisotopic (exact) mass is 322 g/mol. The average Bonchev–Trinajstić information content (AvgIpc) is 2.85. The first-order chi connectivity index (χ1) is 11.0. The third kappa shape index (κ3) is 5.11. The molecule has 5 nitrogen and oxygen atoms in total. The molecule has 0 radical (unpaired) electrons. The Labute approximate surface area is 135 Å². The third-order valence-electron chi connectivity index (χ3n) is 3.92. The molecular weight excluding hydrogens is 299 g/mol. The van der Waals surface area contributed by atoms with Crippen molar-refractivity contribution < 1.29 is 18.7 Å². The van der Waals surface area contributed by atoms with Gasteiger partial charge in [-0.05, 0) is 38.2 Å². The fourth-order valence-corrected chi connectivity index (χ4v) is 2.77. The van der Waals surface area contributed by atoms with E-state index in [1.54, 1.807) is 0 Å². The number of Topliss-reactive ketones (excluding diaryl/α,β-unsaturated/α-hetero) is 1. The Balaban J connectivity index is 1.80. The molecule has 1 aliphatic heterocycles. The van der Waals surface area contributed by atoms with Gasteiger partial charge in [0.1, 0.15) is 5.82 Å². The molecule has 2 rings (SSSR count). The minimum absolute atomic E-state index is 0.0123. The highest BCUT2D eigenvalue weighted by Gasteiger charge is 2.32. The van der Waals surface area contributed by atoms with E-state index in [2.05, 4.69) is 10.2 Å². The number of amides is 1. The molecule has 1 fully saturated rings. The molecule has 23 heavy (non-hydrogen) atoms.